The Morgan fingerprint density at radius 2 is 1.59 bits per heavy atom. The molecule has 0 radical (unpaired) electrons. The molecule has 34 heavy (non-hydrogen) atoms. The number of amides is 1. The number of carbonyl (C=O) groups is 2. The number of halogens is 1. The summed E-state index contributed by atoms with van der Waals surface area (Å²) in [5.74, 6) is -0.264. The molecule has 0 aliphatic heterocycles. The number of hydrogen-bond acceptors (Lipinski definition) is 3. The van der Waals surface area contributed by atoms with E-state index >= 15 is 0 Å². The van der Waals surface area contributed by atoms with E-state index in [1.807, 2.05) is 54.6 Å². The molecule has 3 aromatic carbocycles. The maximum Gasteiger partial charge on any atom is 0.253 e. The quantitative estimate of drug-likeness (QED) is 0.280. The molecule has 1 atom stereocenters. The summed E-state index contributed by atoms with van der Waals surface area (Å²) in [7, 11) is 0. The van der Waals surface area contributed by atoms with Crippen molar-refractivity contribution in [2.75, 3.05) is 0 Å². The maximum absolute atomic E-state index is 13.1. The summed E-state index contributed by atoms with van der Waals surface area (Å²) in [6, 6.07) is 26.5. The molecule has 0 aliphatic carbocycles. The Labute approximate surface area is 205 Å². The minimum absolute atomic E-state index is 0.0325. The van der Waals surface area contributed by atoms with Gasteiger partial charge in [-0.15, -0.1) is 0 Å². The first-order valence-corrected chi connectivity index (χ1v) is 11.9. The molecule has 4 nitrogen and oxygen atoms in total. The fraction of sp³-hybridized carbons (Fsp3) is 0.207. The molecule has 1 heterocycles. The van der Waals surface area contributed by atoms with Gasteiger partial charge in [0.25, 0.3) is 5.91 Å². The van der Waals surface area contributed by atoms with Crippen molar-refractivity contribution in [2.24, 2.45) is 0 Å². The smallest absolute Gasteiger partial charge is 0.253 e. The van der Waals surface area contributed by atoms with Gasteiger partial charge < -0.3 is 5.32 Å². The highest BCUT2D eigenvalue weighted by molar-refractivity contribution is 6.30. The zero-order chi connectivity index (χ0) is 23.8. The van der Waals surface area contributed by atoms with Crippen LogP contribution in [0, 0.1) is 0 Å². The predicted molar refractivity (Wildman–Crippen MR) is 137 cm³/mol. The molecule has 4 rings (SSSR count). The molecular formula is C29H27ClN2O2. The fourth-order valence-electron chi connectivity index (χ4n) is 3.99. The Hall–Kier alpha value is -3.50. The Bertz CT molecular complexity index is 1260. The number of unbranched alkanes of at least 4 members (excludes halogenated alkanes) is 1. The number of hydrogen-bond donors (Lipinski definition) is 1. The molecule has 172 valence electrons. The van der Waals surface area contributed by atoms with Crippen molar-refractivity contribution >= 4 is 34.2 Å². The number of rotatable bonds is 10. The van der Waals surface area contributed by atoms with Crippen molar-refractivity contribution < 1.29 is 9.59 Å². The molecule has 0 spiro atoms. The summed E-state index contributed by atoms with van der Waals surface area (Å²) in [5, 5.41) is 4.48. The lowest BCUT2D eigenvalue weighted by Gasteiger charge is -2.18. The molecule has 5 heteroatoms. The number of pyridine rings is 1. The van der Waals surface area contributed by atoms with E-state index < -0.39 is 6.04 Å². The standard InChI is InChI=1S/C29H27ClN2O2/c30-25-16-14-22(15-17-25)18-27(28(33)13-7-4-10-21-8-2-1-3-9-21)32-29(34)24-19-23-11-5-6-12-26(23)31-20-24/h1-3,5-6,8-9,11-12,14-17,19-20,27H,4,7,10,13,18H2,(H,32,34)/t27-/m0/s1. The summed E-state index contributed by atoms with van der Waals surface area (Å²) in [6.07, 6.45) is 5.03. The van der Waals surface area contributed by atoms with Crippen molar-refractivity contribution in [3.05, 3.63) is 113 Å². The summed E-state index contributed by atoms with van der Waals surface area (Å²) in [4.78, 5) is 30.6. The number of nitrogens with zero attached hydrogens (tertiary/aromatic N) is 1. The molecule has 0 saturated carbocycles. The molecule has 1 aromatic heterocycles. The Balaban J connectivity index is 1.43. The Morgan fingerprint density at radius 3 is 2.38 bits per heavy atom. The van der Waals surface area contributed by atoms with Crippen molar-refractivity contribution in [1.29, 1.82) is 0 Å². The Kier molecular flexibility index (Phi) is 8.05. The van der Waals surface area contributed by atoms with E-state index in [1.54, 1.807) is 24.4 Å². The summed E-state index contributed by atoms with van der Waals surface area (Å²) >= 11 is 6.01. The molecule has 1 N–H and O–H groups in total. The second-order valence-corrected chi connectivity index (χ2v) is 8.87. The van der Waals surface area contributed by atoms with Crippen molar-refractivity contribution in [2.45, 2.75) is 38.1 Å². The van der Waals surface area contributed by atoms with E-state index in [4.69, 9.17) is 11.6 Å². The minimum Gasteiger partial charge on any atom is -0.342 e. The van der Waals surface area contributed by atoms with E-state index in [-0.39, 0.29) is 11.7 Å². The number of ketones is 1. The maximum atomic E-state index is 13.1. The van der Waals surface area contributed by atoms with E-state index in [9.17, 15) is 9.59 Å². The summed E-state index contributed by atoms with van der Waals surface area (Å²) in [6.45, 7) is 0. The molecule has 0 fully saturated rings. The van der Waals surface area contributed by atoms with Crippen LogP contribution in [0.1, 0.15) is 40.7 Å². The minimum atomic E-state index is -0.614. The number of fused-ring (bicyclic) bond motifs is 1. The lowest BCUT2D eigenvalue weighted by Crippen LogP contribution is -2.42. The highest BCUT2D eigenvalue weighted by atomic mass is 35.5. The number of nitrogens with one attached hydrogen (secondary N) is 1. The SMILES string of the molecule is O=C(N[C@@H](Cc1ccc(Cl)cc1)C(=O)CCCCc1ccccc1)c1cnc2ccccc2c1. The summed E-state index contributed by atoms with van der Waals surface area (Å²) in [5.41, 5.74) is 3.48. The first-order chi connectivity index (χ1) is 16.6. The van der Waals surface area contributed by atoms with Gasteiger partial charge in [0.05, 0.1) is 17.1 Å². The third-order valence-corrected chi connectivity index (χ3v) is 6.13. The van der Waals surface area contributed by atoms with Crippen LogP contribution in [0.5, 0.6) is 0 Å². The van der Waals surface area contributed by atoms with Gasteiger partial charge in [0.1, 0.15) is 0 Å². The van der Waals surface area contributed by atoms with E-state index in [0.717, 1.165) is 35.7 Å². The van der Waals surface area contributed by atoms with Gasteiger partial charge in [-0.1, -0.05) is 72.3 Å². The predicted octanol–water partition coefficient (Wildman–Crippen LogP) is 6.21. The van der Waals surface area contributed by atoms with Crippen LogP contribution in [0.2, 0.25) is 5.02 Å². The second kappa shape index (κ2) is 11.6. The van der Waals surface area contributed by atoms with E-state index in [2.05, 4.69) is 22.4 Å². The van der Waals surface area contributed by atoms with Crippen LogP contribution in [-0.4, -0.2) is 22.7 Å². The first-order valence-electron chi connectivity index (χ1n) is 11.6. The zero-order valence-corrected chi connectivity index (χ0v) is 19.7. The summed E-state index contributed by atoms with van der Waals surface area (Å²) < 4.78 is 0. The van der Waals surface area contributed by atoms with Crippen LogP contribution in [0.15, 0.2) is 91.1 Å². The largest absolute Gasteiger partial charge is 0.342 e. The fourth-order valence-corrected chi connectivity index (χ4v) is 4.11. The first kappa shape index (κ1) is 23.7. The number of aryl methyl sites for hydroxylation is 1. The zero-order valence-electron chi connectivity index (χ0n) is 18.9. The van der Waals surface area contributed by atoms with Crippen molar-refractivity contribution in [1.82, 2.24) is 10.3 Å². The van der Waals surface area contributed by atoms with Crippen LogP contribution in [0.4, 0.5) is 0 Å². The van der Waals surface area contributed by atoms with Gasteiger partial charge in [0, 0.05) is 23.0 Å². The molecule has 4 aromatic rings. The number of aromatic nitrogens is 1. The van der Waals surface area contributed by atoms with Crippen LogP contribution < -0.4 is 5.32 Å². The number of Topliss-reactive ketones (excluding diaryl/α,β-unsaturated/α-hetero) is 1. The number of para-hydroxylation sites is 1. The van der Waals surface area contributed by atoms with Crippen LogP contribution in [0.25, 0.3) is 10.9 Å². The second-order valence-electron chi connectivity index (χ2n) is 8.43. The van der Waals surface area contributed by atoms with Gasteiger partial charge in [-0.25, -0.2) is 0 Å². The van der Waals surface area contributed by atoms with E-state index in [1.165, 1.54) is 5.56 Å². The van der Waals surface area contributed by atoms with Gasteiger partial charge in [-0.3, -0.25) is 14.6 Å². The topological polar surface area (TPSA) is 59.1 Å². The molecule has 0 unspecified atom stereocenters. The molecule has 0 aliphatic rings. The third-order valence-electron chi connectivity index (χ3n) is 5.88. The van der Waals surface area contributed by atoms with Crippen LogP contribution >= 0.6 is 11.6 Å². The highest BCUT2D eigenvalue weighted by Gasteiger charge is 2.22. The van der Waals surface area contributed by atoms with Gasteiger partial charge in [-0.2, -0.15) is 0 Å². The van der Waals surface area contributed by atoms with Crippen LogP contribution in [0.3, 0.4) is 0 Å². The van der Waals surface area contributed by atoms with Crippen molar-refractivity contribution in [3.8, 4) is 0 Å². The van der Waals surface area contributed by atoms with Crippen LogP contribution in [-0.2, 0) is 17.6 Å². The lowest BCUT2D eigenvalue weighted by molar-refractivity contribution is -0.121. The molecule has 0 saturated heterocycles. The average molecular weight is 471 g/mol. The van der Waals surface area contributed by atoms with Gasteiger partial charge in [0.2, 0.25) is 0 Å². The van der Waals surface area contributed by atoms with Crippen molar-refractivity contribution in [3.63, 3.8) is 0 Å². The lowest BCUT2D eigenvalue weighted by atomic mass is 9.97. The monoisotopic (exact) mass is 470 g/mol. The van der Waals surface area contributed by atoms with Gasteiger partial charge in [0.15, 0.2) is 5.78 Å². The average Bonchev–Trinajstić information content (AvgIpc) is 2.87. The molecule has 0 bridgehead atoms. The molecule has 1 amide bonds. The van der Waals surface area contributed by atoms with Gasteiger partial charge >= 0.3 is 0 Å². The number of benzene rings is 3. The highest BCUT2D eigenvalue weighted by Crippen LogP contribution is 2.16. The number of carbonyl (C=O) groups excluding carboxylic acids is 2. The molecular weight excluding hydrogens is 444 g/mol. The van der Waals surface area contributed by atoms with Gasteiger partial charge in [-0.05, 0) is 61.1 Å². The van der Waals surface area contributed by atoms with E-state index in [0.29, 0.717) is 23.4 Å². The normalized spacial score (nSPS) is 11.8. The Morgan fingerprint density at radius 1 is 0.853 bits per heavy atom. The third kappa shape index (κ3) is 6.52.